The summed E-state index contributed by atoms with van der Waals surface area (Å²) in [5.74, 6) is -2.37. The molecule has 1 atom stereocenters. The normalized spacial score (nSPS) is 20.7. The van der Waals surface area contributed by atoms with Crippen LogP contribution in [0, 0.1) is 11.6 Å². The molecule has 0 spiro atoms. The molecule has 0 saturated carbocycles. The Morgan fingerprint density at radius 2 is 2.00 bits per heavy atom. The Morgan fingerprint density at radius 3 is 2.76 bits per heavy atom. The number of hydrogen-bond acceptors (Lipinski definition) is 6. The number of rotatable bonds is 7. The van der Waals surface area contributed by atoms with Gasteiger partial charge in [-0.05, 0) is 37.5 Å². The number of nitrogens with zero attached hydrogens (tertiary/aromatic N) is 2. The summed E-state index contributed by atoms with van der Waals surface area (Å²) in [6, 6.07) is 8.49. The van der Waals surface area contributed by atoms with Gasteiger partial charge in [-0.2, -0.15) is 12.7 Å². The van der Waals surface area contributed by atoms with Crippen LogP contribution in [-0.4, -0.2) is 44.4 Å². The molecular formula is C21H23ClF2N4O4S. The van der Waals surface area contributed by atoms with E-state index < -0.39 is 28.1 Å². The predicted octanol–water partition coefficient (Wildman–Crippen LogP) is 4.62. The Kier molecular flexibility index (Phi) is 7.32. The van der Waals surface area contributed by atoms with Gasteiger partial charge in [0.05, 0.1) is 40.9 Å². The maximum absolute atomic E-state index is 14.3. The van der Waals surface area contributed by atoms with Crippen LogP contribution in [0.2, 0.25) is 5.02 Å². The molecule has 0 amide bonds. The van der Waals surface area contributed by atoms with E-state index in [-0.39, 0.29) is 24.5 Å². The summed E-state index contributed by atoms with van der Waals surface area (Å²) in [6.45, 7) is 0.890. The van der Waals surface area contributed by atoms with Crippen LogP contribution in [0.3, 0.4) is 0 Å². The number of hydrogen-bond donors (Lipinski definition) is 2. The lowest BCUT2D eigenvalue weighted by molar-refractivity contribution is -0.110. The van der Waals surface area contributed by atoms with Gasteiger partial charge >= 0.3 is 10.2 Å². The smallest absolute Gasteiger partial charge is 0.301 e. The van der Waals surface area contributed by atoms with Crippen molar-refractivity contribution in [3.05, 3.63) is 53.1 Å². The van der Waals surface area contributed by atoms with E-state index in [0.29, 0.717) is 35.9 Å². The van der Waals surface area contributed by atoms with Crippen LogP contribution in [0.15, 0.2) is 41.6 Å². The second kappa shape index (κ2) is 10.2. The molecule has 2 saturated heterocycles. The molecule has 0 bridgehead atoms. The fourth-order valence-corrected chi connectivity index (χ4v) is 4.94. The summed E-state index contributed by atoms with van der Waals surface area (Å²) in [5.41, 5.74) is 0.517. The summed E-state index contributed by atoms with van der Waals surface area (Å²) in [5, 5.41) is 7.05. The highest BCUT2D eigenvalue weighted by Gasteiger charge is 2.28. The van der Waals surface area contributed by atoms with Crippen LogP contribution in [0.5, 0.6) is 0 Å². The maximum atomic E-state index is 14.3. The van der Waals surface area contributed by atoms with E-state index >= 15 is 0 Å². The van der Waals surface area contributed by atoms with Crippen molar-refractivity contribution >= 4 is 44.6 Å². The van der Waals surface area contributed by atoms with Gasteiger partial charge in [0, 0.05) is 19.0 Å². The summed E-state index contributed by atoms with van der Waals surface area (Å²) in [6.07, 6.45) is 2.36. The number of ether oxygens (including phenoxy) is 1. The van der Waals surface area contributed by atoms with Gasteiger partial charge in [-0.1, -0.05) is 28.9 Å². The fourth-order valence-electron chi connectivity index (χ4n) is 3.53. The summed E-state index contributed by atoms with van der Waals surface area (Å²) in [7, 11) is -4.06. The highest BCUT2D eigenvalue weighted by atomic mass is 35.5. The monoisotopic (exact) mass is 500 g/mol. The zero-order valence-electron chi connectivity index (χ0n) is 17.6. The molecule has 8 nitrogen and oxygen atoms in total. The average Bonchev–Trinajstić information content (AvgIpc) is 3.31. The summed E-state index contributed by atoms with van der Waals surface area (Å²) < 4.78 is 63.2. The van der Waals surface area contributed by atoms with Crippen molar-refractivity contribution in [1.29, 1.82) is 0 Å². The van der Waals surface area contributed by atoms with Crippen LogP contribution in [-0.2, 0) is 19.8 Å². The molecule has 2 aromatic carbocycles. The molecule has 2 aliphatic rings. The highest BCUT2D eigenvalue weighted by molar-refractivity contribution is 7.90. The molecule has 2 N–H and O–H groups in total. The van der Waals surface area contributed by atoms with Crippen molar-refractivity contribution in [3.63, 3.8) is 0 Å². The Hall–Kier alpha value is -2.47. The van der Waals surface area contributed by atoms with Crippen molar-refractivity contribution in [3.8, 4) is 0 Å². The molecular weight excluding hydrogens is 478 g/mol. The summed E-state index contributed by atoms with van der Waals surface area (Å²) in [4.78, 5) is 5.35. The first-order valence-corrected chi connectivity index (χ1v) is 12.3. The molecule has 0 aromatic heterocycles. The first-order valence-electron chi connectivity index (χ1n) is 10.4. The number of para-hydroxylation sites is 1. The quantitative estimate of drug-likeness (QED) is 0.541. The van der Waals surface area contributed by atoms with Gasteiger partial charge in [-0.3, -0.25) is 4.72 Å². The van der Waals surface area contributed by atoms with Crippen LogP contribution in [0.4, 0.5) is 25.8 Å². The zero-order chi connectivity index (χ0) is 23.4. The molecule has 33 heavy (non-hydrogen) atoms. The minimum atomic E-state index is -4.06. The summed E-state index contributed by atoms with van der Waals surface area (Å²) >= 11 is 6.07. The van der Waals surface area contributed by atoms with Gasteiger partial charge < -0.3 is 14.9 Å². The van der Waals surface area contributed by atoms with Crippen molar-refractivity contribution in [2.24, 2.45) is 5.16 Å². The molecule has 0 radical (unpaired) electrons. The van der Waals surface area contributed by atoms with E-state index in [1.807, 2.05) is 0 Å². The van der Waals surface area contributed by atoms with Crippen molar-refractivity contribution in [1.82, 2.24) is 4.31 Å². The first-order chi connectivity index (χ1) is 15.8. The van der Waals surface area contributed by atoms with Crippen molar-refractivity contribution < 1.29 is 26.8 Å². The second-order valence-electron chi connectivity index (χ2n) is 7.67. The Balaban J connectivity index is 1.48. The standard InChI is InChI=1S/C21H23ClF2N4O4S/c22-16-6-1-2-7-18(16)25-19-12-15(11-17(23)21(19)24)27-33(29,30)28-9-3-5-14(13-28)26-32-20-8-4-10-31-20/h1-2,6-7,11-12,20,25,27H,3-5,8-10,13H2/b26-14+. The highest BCUT2D eigenvalue weighted by Crippen LogP contribution is 2.30. The minimum Gasteiger partial charge on any atom is -0.364 e. The Bertz CT molecular complexity index is 1140. The first kappa shape index (κ1) is 23.7. The third-order valence-electron chi connectivity index (χ3n) is 5.18. The van der Waals surface area contributed by atoms with E-state index in [0.717, 1.165) is 18.9 Å². The van der Waals surface area contributed by atoms with E-state index in [1.54, 1.807) is 24.3 Å². The van der Waals surface area contributed by atoms with Gasteiger partial charge in [0.1, 0.15) is 0 Å². The van der Waals surface area contributed by atoms with Crippen molar-refractivity contribution in [2.45, 2.75) is 32.0 Å². The van der Waals surface area contributed by atoms with Gasteiger partial charge in [0.25, 0.3) is 0 Å². The molecule has 178 valence electrons. The van der Waals surface area contributed by atoms with E-state index in [4.69, 9.17) is 21.2 Å². The predicted molar refractivity (Wildman–Crippen MR) is 122 cm³/mol. The average molecular weight is 501 g/mol. The molecule has 0 aliphatic carbocycles. The maximum Gasteiger partial charge on any atom is 0.301 e. The van der Waals surface area contributed by atoms with Crippen molar-refractivity contribution in [2.75, 3.05) is 29.7 Å². The molecule has 2 heterocycles. The molecule has 2 fully saturated rings. The topological polar surface area (TPSA) is 92.3 Å². The van der Waals surface area contributed by atoms with Gasteiger partial charge in [-0.15, -0.1) is 0 Å². The third-order valence-corrected chi connectivity index (χ3v) is 6.99. The molecule has 4 rings (SSSR count). The number of oxime groups is 1. The lowest BCUT2D eigenvalue weighted by Crippen LogP contribution is -2.43. The number of halogens is 3. The van der Waals surface area contributed by atoms with E-state index in [9.17, 15) is 17.2 Å². The number of nitrogens with one attached hydrogen (secondary N) is 2. The van der Waals surface area contributed by atoms with Crippen LogP contribution >= 0.6 is 11.6 Å². The third kappa shape index (κ3) is 5.91. The number of benzene rings is 2. The van der Waals surface area contributed by atoms with Crippen LogP contribution < -0.4 is 10.0 Å². The van der Waals surface area contributed by atoms with Crippen LogP contribution in [0.1, 0.15) is 25.7 Å². The minimum absolute atomic E-state index is 0.0243. The Labute approximate surface area is 195 Å². The lowest BCUT2D eigenvalue weighted by atomic mass is 10.1. The SMILES string of the molecule is O=S(=O)(Nc1cc(F)c(F)c(Nc2ccccc2Cl)c1)N1CCC/C(=N\OC2CCCO2)C1. The van der Waals surface area contributed by atoms with Gasteiger partial charge in [0.2, 0.25) is 6.29 Å². The molecule has 2 aromatic rings. The van der Waals surface area contributed by atoms with Gasteiger partial charge in [-0.25, -0.2) is 8.78 Å². The number of anilines is 3. The second-order valence-corrected chi connectivity index (χ2v) is 9.75. The fraction of sp³-hybridized carbons (Fsp3) is 0.381. The van der Waals surface area contributed by atoms with Gasteiger partial charge in [0.15, 0.2) is 11.6 Å². The zero-order valence-corrected chi connectivity index (χ0v) is 19.1. The molecule has 12 heteroatoms. The lowest BCUT2D eigenvalue weighted by Gasteiger charge is -2.27. The van der Waals surface area contributed by atoms with Crippen LogP contribution in [0.25, 0.3) is 0 Å². The molecule has 1 unspecified atom stereocenters. The number of piperidine rings is 1. The van der Waals surface area contributed by atoms with E-state index in [1.165, 1.54) is 10.4 Å². The van der Waals surface area contributed by atoms with E-state index in [2.05, 4.69) is 15.2 Å². The Morgan fingerprint density at radius 1 is 1.18 bits per heavy atom. The largest absolute Gasteiger partial charge is 0.364 e. The molecule has 2 aliphatic heterocycles.